The molecule has 0 amide bonds. The SMILES string of the molecule is C=Cc1ccc[n+](CC(O)CS(=O)(=O)O)c1. The monoisotopic (exact) mass is 244 g/mol. The number of pyridine rings is 1. The van der Waals surface area contributed by atoms with Crippen LogP contribution in [0, 0.1) is 0 Å². The minimum Gasteiger partial charge on any atom is -0.385 e. The maximum Gasteiger partial charge on any atom is 0.267 e. The average Bonchev–Trinajstić information content (AvgIpc) is 2.15. The summed E-state index contributed by atoms with van der Waals surface area (Å²) in [5.41, 5.74) is 0.863. The van der Waals surface area contributed by atoms with Crippen molar-refractivity contribution in [2.45, 2.75) is 12.6 Å². The summed E-state index contributed by atoms with van der Waals surface area (Å²) in [6.45, 7) is 3.70. The van der Waals surface area contributed by atoms with Crippen LogP contribution in [0.2, 0.25) is 0 Å². The third-order valence-corrected chi connectivity index (χ3v) is 2.75. The highest BCUT2D eigenvalue weighted by Gasteiger charge is 2.18. The summed E-state index contributed by atoms with van der Waals surface area (Å²) >= 11 is 0. The van der Waals surface area contributed by atoms with E-state index in [0.29, 0.717) is 0 Å². The Morgan fingerprint density at radius 3 is 2.81 bits per heavy atom. The second-order valence-electron chi connectivity index (χ2n) is 3.44. The van der Waals surface area contributed by atoms with Gasteiger partial charge in [0.05, 0.1) is 0 Å². The highest BCUT2D eigenvalue weighted by molar-refractivity contribution is 7.85. The Bertz CT molecular complexity index is 469. The summed E-state index contributed by atoms with van der Waals surface area (Å²) in [7, 11) is -4.14. The van der Waals surface area contributed by atoms with Crippen molar-refractivity contribution >= 4 is 16.2 Å². The lowest BCUT2D eigenvalue weighted by atomic mass is 10.3. The molecule has 1 aromatic heterocycles. The fraction of sp³-hybridized carbons (Fsp3) is 0.300. The Labute approximate surface area is 94.4 Å². The fourth-order valence-corrected chi connectivity index (χ4v) is 1.91. The van der Waals surface area contributed by atoms with Crippen LogP contribution in [0.25, 0.3) is 6.08 Å². The summed E-state index contributed by atoms with van der Waals surface area (Å²) in [5.74, 6) is -0.668. The molecule has 0 bridgehead atoms. The minimum absolute atomic E-state index is 0.0987. The molecule has 2 N–H and O–H groups in total. The van der Waals surface area contributed by atoms with E-state index in [4.69, 9.17) is 4.55 Å². The van der Waals surface area contributed by atoms with Crippen molar-refractivity contribution < 1.29 is 22.6 Å². The van der Waals surface area contributed by atoms with Gasteiger partial charge >= 0.3 is 0 Å². The maximum atomic E-state index is 10.5. The van der Waals surface area contributed by atoms with Crippen molar-refractivity contribution in [2.75, 3.05) is 5.75 Å². The third-order valence-electron chi connectivity index (χ3n) is 1.94. The van der Waals surface area contributed by atoms with Crippen LogP contribution in [0.15, 0.2) is 31.1 Å². The van der Waals surface area contributed by atoms with Gasteiger partial charge in [-0.25, -0.2) is 4.57 Å². The fourth-order valence-electron chi connectivity index (χ4n) is 1.32. The maximum absolute atomic E-state index is 10.5. The van der Waals surface area contributed by atoms with Gasteiger partial charge in [-0.3, -0.25) is 4.55 Å². The molecule has 5 nitrogen and oxygen atoms in total. The van der Waals surface area contributed by atoms with Gasteiger partial charge in [-0.2, -0.15) is 8.42 Å². The van der Waals surface area contributed by atoms with E-state index in [1.54, 1.807) is 29.1 Å². The summed E-state index contributed by atoms with van der Waals surface area (Å²) < 4.78 is 31.2. The van der Waals surface area contributed by atoms with Crippen LogP contribution in [0.3, 0.4) is 0 Å². The Hall–Kier alpha value is -1.24. The highest BCUT2D eigenvalue weighted by Crippen LogP contribution is 1.96. The molecule has 0 saturated heterocycles. The lowest BCUT2D eigenvalue weighted by Crippen LogP contribution is -2.41. The summed E-state index contributed by atoms with van der Waals surface area (Å²) in [6, 6.07) is 3.59. The second kappa shape index (κ2) is 5.20. The molecule has 1 unspecified atom stereocenters. The van der Waals surface area contributed by atoms with Gasteiger partial charge < -0.3 is 5.11 Å². The zero-order chi connectivity index (χ0) is 12.2. The van der Waals surface area contributed by atoms with E-state index in [1.165, 1.54) is 0 Å². The van der Waals surface area contributed by atoms with Crippen LogP contribution in [0.5, 0.6) is 0 Å². The van der Waals surface area contributed by atoms with E-state index >= 15 is 0 Å². The normalized spacial score (nSPS) is 13.4. The van der Waals surface area contributed by atoms with E-state index in [9.17, 15) is 13.5 Å². The van der Waals surface area contributed by atoms with Gasteiger partial charge in [0.1, 0.15) is 11.9 Å². The number of nitrogens with zero attached hydrogens (tertiary/aromatic N) is 1. The largest absolute Gasteiger partial charge is 0.385 e. The van der Waals surface area contributed by atoms with Gasteiger partial charge in [0.25, 0.3) is 10.1 Å². The van der Waals surface area contributed by atoms with Crippen molar-refractivity contribution in [1.82, 2.24) is 0 Å². The average molecular weight is 244 g/mol. The van der Waals surface area contributed by atoms with Crippen LogP contribution in [-0.4, -0.2) is 29.9 Å². The van der Waals surface area contributed by atoms with E-state index in [-0.39, 0.29) is 6.54 Å². The van der Waals surface area contributed by atoms with Crippen molar-refractivity contribution in [2.24, 2.45) is 0 Å². The first-order valence-corrected chi connectivity index (χ1v) is 6.26. The molecule has 0 radical (unpaired) electrons. The molecule has 0 aliphatic heterocycles. The summed E-state index contributed by atoms with van der Waals surface area (Å²) in [5, 5.41) is 9.42. The van der Waals surface area contributed by atoms with Gasteiger partial charge in [0, 0.05) is 11.6 Å². The first-order valence-electron chi connectivity index (χ1n) is 4.65. The molecule has 88 valence electrons. The number of aliphatic hydroxyl groups excluding tert-OH is 1. The Kier molecular flexibility index (Phi) is 4.17. The highest BCUT2D eigenvalue weighted by atomic mass is 32.2. The smallest absolute Gasteiger partial charge is 0.267 e. The number of aromatic nitrogens is 1. The zero-order valence-corrected chi connectivity index (χ0v) is 9.47. The minimum atomic E-state index is -4.14. The van der Waals surface area contributed by atoms with Gasteiger partial charge in [-0.15, -0.1) is 0 Å². The molecule has 1 atom stereocenters. The predicted octanol–water partition coefficient (Wildman–Crippen LogP) is -0.134. The van der Waals surface area contributed by atoms with Gasteiger partial charge in [-0.05, 0) is 6.07 Å². The molecule has 1 heterocycles. The van der Waals surface area contributed by atoms with Crippen LogP contribution in [0.4, 0.5) is 0 Å². The first-order chi connectivity index (χ1) is 7.40. The molecule has 0 fully saturated rings. The van der Waals surface area contributed by atoms with Gasteiger partial charge in [0.2, 0.25) is 0 Å². The van der Waals surface area contributed by atoms with Crippen molar-refractivity contribution in [3.63, 3.8) is 0 Å². The molecule has 1 aromatic rings. The van der Waals surface area contributed by atoms with E-state index in [1.807, 2.05) is 6.07 Å². The third kappa shape index (κ3) is 4.52. The molecule has 0 aliphatic rings. The van der Waals surface area contributed by atoms with Crippen molar-refractivity contribution in [1.29, 1.82) is 0 Å². The molecular weight excluding hydrogens is 230 g/mol. The topological polar surface area (TPSA) is 78.5 Å². The Morgan fingerprint density at radius 1 is 1.56 bits per heavy atom. The molecule has 6 heteroatoms. The second-order valence-corrected chi connectivity index (χ2v) is 4.94. The first kappa shape index (κ1) is 12.8. The van der Waals surface area contributed by atoms with Gasteiger partial charge in [0.15, 0.2) is 18.9 Å². The number of aliphatic hydroxyl groups is 1. The van der Waals surface area contributed by atoms with Crippen molar-refractivity contribution in [3.8, 4) is 0 Å². The number of hydrogen-bond donors (Lipinski definition) is 2. The summed E-state index contributed by atoms with van der Waals surface area (Å²) in [4.78, 5) is 0. The summed E-state index contributed by atoms with van der Waals surface area (Å²) in [6.07, 6.45) is 3.92. The molecule has 0 spiro atoms. The van der Waals surface area contributed by atoms with E-state index < -0.39 is 22.0 Å². The lowest BCUT2D eigenvalue weighted by molar-refractivity contribution is -0.703. The number of hydrogen-bond acceptors (Lipinski definition) is 3. The predicted molar refractivity (Wildman–Crippen MR) is 59.2 cm³/mol. The zero-order valence-electron chi connectivity index (χ0n) is 8.65. The van der Waals surface area contributed by atoms with Crippen LogP contribution in [0.1, 0.15) is 5.56 Å². The standard InChI is InChI=1S/C10H13NO4S/c1-2-9-4-3-5-11(6-9)7-10(12)8-16(13,14)15/h2-6,10,12H,1,7-8H2/p+1. The molecule has 1 rings (SSSR count). The van der Waals surface area contributed by atoms with Crippen LogP contribution in [-0.2, 0) is 16.7 Å². The Balaban J connectivity index is 2.69. The molecule has 16 heavy (non-hydrogen) atoms. The molecule has 0 saturated carbocycles. The quantitative estimate of drug-likeness (QED) is 0.558. The van der Waals surface area contributed by atoms with Crippen molar-refractivity contribution in [3.05, 3.63) is 36.7 Å². The van der Waals surface area contributed by atoms with E-state index in [0.717, 1.165) is 5.56 Å². The van der Waals surface area contributed by atoms with E-state index in [2.05, 4.69) is 6.58 Å². The molecule has 0 aliphatic carbocycles. The lowest BCUT2D eigenvalue weighted by Gasteiger charge is -2.04. The van der Waals surface area contributed by atoms with Gasteiger partial charge in [-0.1, -0.05) is 12.7 Å². The molecule has 0 aromatic carbocycles. The number of rotatable bonds is 5. The molecular formula is C10H14NO4S+. The Morgan fingerprint density at radius 2 is 2.25 bits per heavy atom. The van der Waals surface area contributed by atoms with Crippen LogP contribution >= 0.6 is 0 Å². The van der Waals surface area contributed by atoms with Crippen LogP contribution < -0.4 is 4.57 Å².